The lowest BCUT2D eigenvalue weighted by atomic mass is 9.34. The monoisotopic (exact) mass is 472 g/mol. The molecule has 0 aromatic heterocycles. The van der Waals surface area contributed by atoms with Crippen molar-refractivity contribution < 1.29 is 9.84 Å². The van der Waals surface area contributed by atoms with E-state index in [1.807, 2.05) is 7.11 Å². The van der Waals surface area contributed by atoms with E-state index in [1.165, 1.54) is 44.1 Å². The van der Waals surface area contributed by atoms with Gasteiger partial charge in [-0.05, 0) is 130 Å². The molecule has 0 heterocycles. The first-order chi connectivity index (χ1) is 15.6. The predicted molar refractivity (Wildman–Crippen MR) is 144 cm³/mol. The number of aliphatic hydroxyl groups is 1. The van der Waals surface area contributed by atoms with Gasteiger partial charge in [0.25, 0.3) is 0 Å². The second kappa shape index (κ2) is 8.61. The highest BCUT2D eigenvalue weighted by atomic mass is 16.5. The van der Waals surface area contributed by atoms with Gasteiger partial charge in [-0.15, -0.1) is 0 Å². The van der Waals surface area contributed by atoms with Crippen LogP contribution in [0.1, 0.15) is 120 Å². The second-order valence-corrected chi connectivity index (χ2v) is 15.1. The minimum absolute atomic E-state index is 0.239. The summed E-state index contributed by atoms with van der Waals surface area (Å²) in [6, 6.07) is 0. The van der Waals surface area contributed by atoms with Crippen LogP contribution in [0.25, 0.3) is 0 Å². The number of allylic oxidation sites excluding steroid dienone is 2. The summed E-state index contributed by atoms with van der Waals surface area (Å²) in [5.41, 5.74) is 2.11. The van der Waals surface area contributed by atoms with E-state index in [1.54, 1.807) is 0 Å². The number of hydrogen-bond acceptors (Lipinski definition) is 2. The number of hydrogen-bond donors (Lipinski definition) is 1. The van der Waals surface area contributed by atoms with Gasteiger partial charge in [0.15, 0.2) is 0 Å². The zero-order chi connectivity index (χ0) is 25.3. The predicted octanol–water partition coefficient (Wildman–Crippen LogP) is 8.43. The van der Waals surface area contributed by atoms with E-state index < -0.39 is 5.60 Å². The van der Waals surface area contributed by atoms with Crippen molar-refractivity contribution in [1.29, 1.82) is 0 Å². The third kappa shape index (κ3) is 3.70. The minimum atomic E-state index is -0.627. The lowest BCUT2D eigenvalue weighted by Gasteiger charge is -2.71. The van der Waals surface area contributed by atoms with Crippen LogP contribution in [-0.2, 0) is 4.74 Å². The lowest BCUT2D eigenvalue weighted by Crippen LogP contribution is -2.66. The fraction of sp³-hybridized carbons (Fsp3) is 0.938. The fourth-order valence-corrected chi connectivity index (χ4v) is 10.7. The molecule has 34 heavy (non-hydrogen) atoms. The zero-order valence-electron chi connectivity index (χ0n) is 24.3. The molecule has 4 aliphatic carbocycles. The molecule has 10 atom stereocenters. The number of methoxy groups -OCH3 is 1. The molecule has 0 bridgehead atoms. The molecule has 4 saturated carbocycles. The van der Waals surface area contributed by atoms with Crippen molar-refractivity contribution in [2.24, 2.45) is 51.2 Å². The maximum atomic E-state index is 11.8. The normalized spacial score (nSPS) is 49.4. The first-order valence-electron chi connectivity index (χ1n) is 14.5. The second-order valence-electron chi connectivity index (χ2n) is 15.1. The molecule has 0 amide bonds. The first kappa shape index (κ1) is 26.7. The Balaban J connectivity index is 1.69. The molecule has 0 saturated heterocycles. The van der Waals surface area contributed by atoms with Crippen molar-refractivity contribution >= 4 is 0 Å². The number of rotatable bonds is 5. The smallest absolute Gasteiger partial charge is 0.0654 e. The Kier molecular flexibility index (Phi) is 6.77. The van der Waals surface area contributed by atoms with Crippen LogP contribution in [0.4, 0.5) is 0 Å². The molecule has 0 aromatic rings. The average molecular weight is 473 g/mol. The summed E-state index contributed by atoms with van der Waals surface area (Å²) in [6.07, 6.45) is 13.4. The minimum Gasteiger partial charge on any atom is -0.390 e. The van der Waals surface area contributed by atoms with Crippen molar-refractivity contribution in [3.63, 3.8) is 0 Å². The molecule has 1 N–H and O–H groups in total. The Morgan fingerprint density at radius 1 is 0.971 bits per heavy atom. The molecule has 4 aliphatic rings. The van der Waals surface area contributed by atoms with Gasteiger partial charge in [0.05, 0.1) is 11.7 Å². The van der Waals surface area contributed by atoms with Crippen molar-refractivity contribution in [2.75, 3.05) is 7.11 Å². The van der Waals surface area contributed by atoms with E-state index in [-0.39, 0.29) is 11.5 Å². The first-order valence-corrected chi connectivity index (χ1v) is 14.5. The summed E-state index contributed by atoms with van der Waals surface area (Å²) in [5, 5.41) is 11.8. The molecule has 2 heteroatoms. The summed E-state index contributed by atoms with van der Waals surface area (Å²) in [5.74, 6) is 3.12. The summed E-state index contributed by atoms with van der Waals surface area (Å²) >= 11 is 0. The van der Waals surface area contributed by atoms with Gasteiger partial charge < -0.3 is 9.84 Å². The van der Waals surface area contributed by atoms with Crippen molar-refractivity contribution in [3.8, 4) is 0 Å². The number of fused-ring (bicyclic) bond motifs is 5. The summed E-state index contributed by atoms with van der Waals surface area (Å²) < 4.78 is 6.41. The van der Waals surface area contributed by atoms with Gasteiger partial charge in [0.2, 0.25) is 0 Å². The maximum Gasteiger partial charge on any atom is 0.0654 e. The highest BCUT2D eigenvalue weighted by molar-refractivity contribution is 5.20. The summed E-state index contributed by atoms with van der Waals surface area (Å²) in [6.45, 7) is 22.0. The molecule has 0 spiro atoms. The maximum absolute atomic E-state index is 11.8. The van der Waals surface area contributed by atoms with E-state index >= 15 is 0 Å². The largest absolute Gasteiger partial charge is 0.390 e. The Morgan fingerprint density at radius 2 is 1.62 bits per heavy atom. The van der Waals surface area contributed by atoms with Crippen LogP contribution in [0.3, 0.4) is 0 Å². The molecule has 2 nitrogen and oxygen atoms in total. The average Bonchev–Trinajstić information content (AvgIpc) is 3.11. The third-order valence-electron chi connectivity index (χ3n) is 13.2. The van der Waals surface area contributed by atoms with E-state index in [2.05, 4.69) is 68.4 Å². The van der Waals surface area contributed by atoms with Gasteiger partial charge in [0.1, 0.15) is 0 Å². The zero-order valence-corrected chi connectivity index (χ0v) is 24.3. The van der Waals surface area contributed by atoms with Crippen molar-refractivity contribution in [1.82, 2.24) is 0 Å². The fourth-order valence-electron chi connectivity index (χ4n) is 10.7. The Hall–Kier alpha value is -0.340. The molecule has 0 aliphatic heterocycles. The molecule has 0 radical (unpaired) electrons. The van der Waals surface area contributed by atoms with E-state index in [4.69, 9.17) is 4.74 Å². The van der Waals surface area contributed by atoms with Gasteiger partial charge in [0, 0.05) is 7.11 Å². The summed E-state index contributed by atoms with van der Waals surface area (Å²) in [4.78, 5) is 0. The van der Waals surface area contributed by atoms with Gasteiger partial charge >= 0.3 is 0 Å². The summed E-state index contributed by atoms with van der Waals surface area (Å²) in [7, 11) is 1.95. The van der Waals surface area contributed by atoms with Crippen LogP contribution in [0.5, 0.6) is 0 Å². The molecule has 4 unspecified atom stereocenters. The Labute approximate surface area is 211 Å². The quantitative estimate of drug-likeness (QED) is 0.407. The van der Waals surface area contributed by atoms with E-state index in [9.17, 15) is 5.11 Å². The molecule has 0 aromatic carbocycles. The SMILES string of the molecule is CO[C@@H]1CC2[C@@]3(C)CC[C@H](C)C(C)(C)C3CC[C@@]2(C)[C@]2(C)CC[C@H](C(C)(O)CCC=C(C)C)C12. The lowest BCUT2D eigenvalue weighted by molar-refractivity contribution is -0.244. The molecule has 4 rings (SSSR count). The van der Waals surface area contributed by atoms with Crippen LogP contribution in [0.15, 0.2) is 11.6 Å². The molecule has 196 valence electrons. The van der Waals surface area contributed by atoms with Gasteiger partial charge in [-0.3, -0.25) is 0 Å². The van der Waals surface area contributed by atoms with Gasteiger partial charge in [-0.25, -0.2) is 0 Å². The molecular formula is C32H56O2. The van der Waals surface area contributed by atoms with Crippen molar-refractivity contribution in [2.45, 2.75) is 132 Å². The molecule has 4 fully saturated rings. The van der Waals surface area contributed by atoms with Crippen LogP contribution >= 0.6 is 0 Å². The van der Waals surface area contributed by atoms with Crippen LogP contribution in [0, 0.1) is 51.2 Å². The highest BCUT2D eigenvalue weighted by Crippen LogP contribution is 2.76. The Bertz CT molecular complexity index is 791. The number of ether oxygens (including phenoxy) is 1. The van der Waals surface area contributed by atoms with Crippen LogP contribution < -0.4 is 0 Å². The van der Waals surface area contributed by atoms with Gasteiger partial charge in [-0.2, -0.15) is 0 Å². The standard InChI is InChI=1S/C32H56O2/c1-21(2)12-11-16-32(9,33)23-14-18-31(8)27(23)24(34-10)20-26-29(6)17-13-22(3)28(4,5)25(29)15-19-30(26,31)7/h12,22-27,33H,11,13-20H2,1-10H3/t22-,23-,24+,25?,26?,27?,29-,30+,31+,32?/m0/s1. The van der Waals surface area contributed by atoms with Crippen LogP contribution in [0.2, 0.25) is 0 Å². The van der Waals surface area contributed by atoms with E-state index in [0.717, 1.165) is 31.1 Å². The van der Waals surface area contributed by atoms with Crippen molar-refractivity contribution in [3.05, 3.63) is 11.6 Å². The van der Waals surface area contributed by atoms with Gasteiger partial charge in [-0.1, -0.05) is 53.2 Å². The third-order valence-corrected chi connectivity index (χ3v) is 13.2. The highest BCUT2D eigenvalue weighted by Gasteiger charge is 2.71. The Morgan fingerprint density at radius 3 is 2.24 bits per heavy atom. The topological polar surface area (TPSA) is 29.5 Å². The van der Waals surface area contributed by atoms with E-state index in [0.29, 0.717) is 34.0 Å². The van der Waals surface area contributed by atoms with Crippen LogP contribution in [-0.4, -0.2) is 23.9 Å². The molecular weight excluding hydrogens is 416 g/mol.